The van der Waals surface area contributed by atoms with Gasteiger partial charge in [0.2, 0.25) is 0 Å². The Hall–Kier alpha value is -2.02. The van der Waals surface area contributed by atoms with E-state index in [2.05, 4.69) is 10.9 Å². The molecule has 4 nitrogen and oxygen atoms in total. The fraction of sp³-hybridized carbons (Fsp3) is 0.273. The van der Waals surface area contributed by atoms with Gasteiger partial charge in [0.1, 0.15) is 18.1 Å². The number of aliphatic carboxylic acids is 1. The molecule has 0 atom stereocenters. The number of aromatic nitrogens is 1. The molecule has 0 saturated carbocycles. The van der Waals surface area contributed by atoms with E-state index in [-0.39, 0.29) is 6.54 Å². The van der Waals surface area contributed by atoms with E-state index >= 15 is 0 Å². The third-order valence-electron chi connectivity index (χ3n) is 1.91. The molecule has 1 N–H and O–H groups in total. The van der Waals surface area contributed by atoms with Gasteiger partial charge in [-0.2, -0.15) is 0 Å². The van der Waals surface area contributed by atoms with Crippen LogP contribution in [0.5, 0.6) is 0 Å². The number of carboxylic acid groups (broad SMARTS) is 1. The molecule has 0 aromatic carbocycles. The van der Waals surface area contributed by atoms with Crippen molar-refractivity contribution in [2.75, 3.05) is 18.0 Å². The lowest BCUT2D eigenvalue weighted by molar-refractivity contribution is -0.135. The maximum atomic E-state index is 10.6. The van der Waals surface area contributed by atoms with Crippen LogP contribution in [-0.2, 0) is 4.79 Å². The van der Waals surface area contributed by atoms with Gasteiger partial charge in [0.05, 0.1) is 0 Å². The summed E-state index contributed by atoms with van der Waals surface area (Å²) in [6, 6.07) is 5.22. The molecule has 1 aromatic heterocycles. The zero-order chi connectivity index (χ0) is 11.3. The Morgan fingerprint density at radius 1 is 1.67 bits per heavy atom. The molecule has 1 aromatic rings. The zero-order valence-electron chi connectivity index (χ0n) is 8.47. The predicted octanol–water partition coefficient (Wildman–Crippen LogP) is 0.974. The summed E-state index contributed by atoms with van der Waals surface area (Å²) in [4.78, 5) is 16.4. The van der Waals surface area contributed by atoms with Crippen molar-refractivity contribution < 1.29 is 9.90 Å². The van der Waals surface area contributed by atoms with E-state index in [1.165, 1.54) is 0 Å². The van der Waals surface area contributed by atoms with Crippen molar-refractivity contribution in [3.8, 4) is 12.3 Å². The van der Waals surface area contributed by atoms with Gasteiger partial charge in [-0.25, -0.2) is 4.98 Å². The van der Waals surface area contributed by atoms with E-state index < -0.39 is 5.97 Å². The van der Waals surface area contributed by atoms with Gasteiger partial charge >= 0.3 is 5.97 Å². The van der Waals surface area contributed by atoms with E-state index in [4.69, 9.17) is 11.5 Å². The van der Waals surface area contributed by atoms with Crippen LogP contribution in [-0.4, -0.2) is 29.1 Å². The lowest BCUT2D eigenvalue weighted by Gasteiger charge is -2.19. The first kappa shape index (κ1) is 11.1. The number of likely N-dealkylation sites (N-methyl/N-ethyl adjacent to an activating group) is 1. The standard InChI is InChI=1S/C11H12N2O2/c1-3-9-6-5-7-10(12-9)13(4-2)8-11(14)15/h1,5-7H,4,8H2,2H3,(H,14,15). The number of anilines is 1. The number of rotatable bonds is 4. The summed E-state index contributed by atoms with van der Waals surface area (Å²) in [6.45, 7) is 2.37. The third-order valence-corrected chi connectivity index (χ3v) is 1.91. The van der Waals surface area contributed by atoms with Gasteiger partial charge in [-0.1, -0.05) is 12.0 Å². The Bertz CT molecular complexity index is 396. The van der Waals surface area contributed by atoms with Crippen LogP contribution in [0.15, 0.2) is 18.2 Å². The predicted molar refractivity (Wildman–Crippen MR) is 57.7 cm³/mol. The van der Waals surface area contributed by atoms with Crippen LogP contribution in [0.3, 0.4) is 0 Å². The zero-order valence-corrected chi connectivity index (χ0v) is 8.47. The first-order valence-corrected chi connectivity index (χ1v) is 4.57. The molecule has 15 heavy (non-hydrogen) atoms. The molecule has 0 spiro atoms. The molecule has 4 heteroatoms. The summed E-state index contributed by atoms with van der Waals surface area (Å²) in [6.07, 6.45) is 5.21. The Kier molecular flexibility index (Phi) is 3.69. The second-order valence-corrected chi connectivity index (χ2v) is 2.93. The van der Waals surface area contributed by atoms with Gasteiger partial charge in [0, 0.05) is 6.54 Å². The smallest absolute Gasteiger partial charge is 0.323 e. The van der Waals surface area contributed by atoms with Gasteiger partial charge in [0.25, 0.3) is 0 Å². The quantitative estimate of drug-likeness (QED) is 0.742. The topological polar surface area (TPSA) is 53.4 Å². The van der Waals surface area contributed by atoms with Gasteiger partial charge in [-0.3, -0.25) is 4.79 Å². The molecule has 0 bridgehead atoms. The van der Waals surface area contributed by atoms with Crippen LogP contribution >= 0.6 is 0 Å². The highest BCUT2D eigenvalue weighted by molar-refractivity contribution is 5.73. The van der Waals surface area contributed by atoms with Crippen LogP contribution in [0, 0.1) is 12.3 Å². The van der Waals surface area contributed by atoms with E-state index in [1.807, 2.05) is 6.92 Å². The summed E-state index contributed by atoms with van der Waals surface area (Å²) < 4.78 is 0. The molecule has 1 rings (SSSR count). The number of terminal acetylenes is 1. The number of hydrogen-bond donors (Lipinski definition) is 1. The number of hydrogen-bond acceptors (Lipinski definition) is 3. The fourth-order valence-electron chi connectivity index (χ4n) is 1.20. The number of pyridine rings is 1. The molecular weight excluding hydrogens is 192 g/mol. The van der Waals surface area contributed by atoms with Crippen LogP contribution in [0.25, 0.3) is 0 Å². The average molecular weight is 204 g/mol. The van der Waals surface area contributed by atoms with Crippen molar-refractivity contribution in [3.63, 3.8) is 0 Å². The maximum Gasteiger partial charge on any atom is 0.323 e. The summed E-state index contributed by atoms with van der Waals surface area (Å²) in [5, 5.41) is 8.69. The first-order chi connectivity index (χ1) is 7.17. The van der Waals surface area contributed by atoms with Crippen LogP contribution in [0.4, 0.5) is 5.82 Å². The lowest BCUT2D eigenvalue weighted by Crippen LogP contribution is -2.30. The SMILES string of the molecule is C#Cc1cccc(N(CC)CC(=O)O)n1. The van der Waals surface area contributed by atoms with Gasteiger partial charge < -0.3 is 10.0 Å². The molecule has 0 aliphatic rings. The Balaban J connectivity index is 2.92. The fourth-order valence-corrected chi connectivity index (χ4v) is 1.20. The highest BCUT2D eigenvalue weighted by Gasteiger charge is 2.09. The molecule has 0 aliphatic heterocycles. The van der Waals surface area contributed by atoms with Gasteiger partial charge in [0.15, 0.2) is 0 Å². The molecule has 1 heterocycles. The first-order valence-electron chi connectivity index (χ1n) is 4.57. The number of carboxylic acids is 1. The molecule has 0 aliphatic carbocycles. The second kappa shape index (κ2) is 5.01. The van der Waals surface area contributed by atoms with Gasteiger partial charge in [-0.15, -0.1) is 6.42 Å². The lowest BCUT2D eigenvalue weighted by atomic mass is 10.3. The van der Waals surface area contributed by atoms with Crippen molar-refractivity contribution in [2.24, 2.45) is 0 Å². The molecule has 0 saturated heterocycles. The van der Waals surface area contributed by atoms with E-state index in [0.717, 1.165) is 0 Å². The molecule has 0 unspecified atom stereocenters. The van der Waals surface area contributed by atoms with Crippen molar-refractivity contribution in [3.05, 3.63) is 23.9 Å². The monoisotopic (exact) mass is 204 g/mol. The molecule has 0 radical (unpaired) electrons. The van der Waals surface area contributed by atoms with E-state index in [0.29, 0.717) is 18.1 Å². The number of nitrogens with zero attached hydrogens (tertiary/aromatic N) is 2. The van der Waals surface area contributed by atoms with Crippen LogP contribution < -0.4 is 4.90 Å². The second-order valence-electron chi connectivity index (χ2n) is 2.93. The highest BCUT2D eigenvalue weighted by Crippen LogP contribution is 2.10. The summed E-state index contributed by atoms with van der Waals surface area (Å²) in [7, 11) is 0. The minimum Gasteiger partial charge on any atom is -0.480 e. The molecule has 0 fully saturated rings. The largest absolute Gasteiger partial charge is 0.480 e. The van der Waals surface area contributed by atoms with Crippen molar-refractivity contribution in [1.82, 2.24) is 4.98 Å². The summed E-state index contributed by atoms with van der Waals surface area (Å²) in [5.41, 5.74) is 0.510. The van der Waals surface area contributed by atoms with Crippen LogP contribution in [0.1, 0.15) is 12.6 Å². The normalized spacial score (nSPS) is 9.33. The Labute approximate surface area is 88.6 Å². The highest BCUT2D eigenvalue weighted by atomic mass is 16.4. The van der Waals surface area contributed by atoms with Gasteiger partial charge in [-0.05, 0) is 19.1 Å². The average Bonchev–Trinajstić information content (AvgIpc) is 2.25. The summed E-state index contributed by atoms with van der Waals surface area (Å²) in [5.74, 6) is 2.12. The van der Waals surface area contributed by atoms with E-state index in [9.17, 15) is 4.79 Å². The molecule has 0 amide bonds. The Morgan fingerprint density at radius 2 is 2.40 bits per heavy atom. The van der Waals surface area contributed by atoms with Crippen molar-refractivity contribution >= 4 is 11.8 Å². The maximum absolute atomic E-state index is 10.6. The van der Waals surface area contributed by atoms with E-state index in [1.54, 1.807) is 23.1 Å². The third kappa shape index (κ3) is 2.99. The van der Waals surface area contributed by atoms with Crippen LogP contribution in [0.2, 0.25) is 0 Å². The minimum atomic E-state index is -0.884. The van der Waals surface area contributed by atoms with Crippen molar-refractivity contribution in [1.29, 1.82) is 0 Å². The summed E-state index contributed by atoms with van der Waals surface area (Å²) >= 11 is 0. The molecular formula is C11H12N2O2. The minimum absolute atomic E-state index is 0.0719. The van der Waals surface area contributed by atoms with Crippen molar-refractivity contribution in [2.45, 2.75) is 6.92 Å². The number of carbonyl (C=O) groups is 1. The molecule has 78 valence electrons. The Morgan fingerprint density at radius 3 is 2.93 bits per heavy atom.